The Morgan fingerprint density at radius 3 is 2.42 bits per heavy atom. The number of aromatic nitrogens is 4. The van der Waals surface area contributed by atoms with Crippen LogP contribution in [0.15, 0.2) is 57.6 Å². The van der Waals surface area contributed by atoms with Crippen LogP contribution in [-0.4, -0.2) is 19.7 Å². The Bertz CT molecular complexity index is 1380. The summed E-state index contributed by atoms with van der Waals surface area (Å²) in [5.74, 6) is 0. The van der Waals surface area contributed by atoms with Gasteiger partial charge in [0.25, 0.3) is 5.56 Å². The molecule has 6 nitrogen and oxygen atoms in total. The SMILES string of the molecule is CC(C)(c1nc(-c2cccc(Cl)c2)cs1)c1c(Cl)cc(-n2ncc(=O)[nH]c2=O)cc1Cl. The predicted octanol–water partition coefficient (Wildman–Crippen LogP) is 5.33. The van der Waals surface area contributed by atoms with Gasteiger partial charge >= 0.3 is 5.69 Å². The van der Waals surface area contributed by atoms with Crippen LogP contribution in [0.1, 0.15) is 24.4 Å². The first-order valence-corrected chi connectivity index (χ1v) is 11.1. The lowest BCUT2D eigenvalue weighted by Crippen LogP contribution is -2.30. The highest BCUT2D eigenvalue weighted by Crippen LogP contribution is 2.43. The number of nitrogens with one attached hydrogen (secondary N) is 1. The van der Waals surface area contributed by atoms with E-state index in [0.717, 1.165) is 27.1 Å². The van der Waals surface area contributed by atoms with Gasteiger partial charge in [-0.2, -0.15) is 9.78 Å². The quantitative estimate of drug-likeness (QED) is 0.417. The summed E-state index contributed by atoms with van der Waals surface area (Å²) in [4.78, 5) is 30.3. The molecule has 158 valence electrons. The molecule has 0 aliphatic carbocycles. The lowest BCUT2D eigenvalue weighted by molar-refractivity contribution is 0.635. The van der Waals surface area contributed by atoms with Crippen molar-refractivity contribution in [3.8, 4) is 16.9 Å². The third-order valence-electron chi connectivity index (χ3n) is 4.77. The van der Waals surface area contributed by atoms with Gasteiger partial charge in [0.15, 0.2) is 0 Å². The van der Waals surface area contributed by atoms with E-state index in [-0.39, 0.29) is 0 Å². The minimum Gasteiger partial charge on any atom is -0.271 e. The van der Waals surface area contributed by atoms with Crippen LogP contribution < -0.4 is 11.2 Å². The average Bonchev–Trinajstić information content (AvgIpc) is 3.18. The molecule has 31 heavy (non-hydrogen) atoms. The van der Waals surface area contributed by atoms with Crippen molar-refractivity contribution in [1.82, 2.24) is 19.7 Å². The van der Waals surface area contributed by atoms with Gasteiger partial charge in [-0.25, -0.2) is 9.78 Å². The molecular weight excluding hydrogens is 479 g/mol. The number of hydrogen-bond donors (Lipinski definition) is 1. The van der Waals surface area contributed by atoms with Crippen molar-refractivity contribution in [2.75, 3.05) is 0 Å². The molecule has 10 heteroatoms. The summed E-state index contributed by atoms with van der Waals surface area (Å²) >= 11 is 20.8. The standard InChI is InChI=1S/C21H15Cl3N4O2S/c1-21(2,19-26-16(10-31-19)11-4-3-5-12(22)6-11)18-14(23)7-13(8-15(18)24)28-20(30)27-17(29)9-25-28/h3-10H,1-2H3,(H,27,29,30). The molecule has 0 atom stereocenters. The van der Waals surface area contributed by atoms with Crippen molar-refractivity contribution < 1.29 is 0 Å². The van der Waals surface area contributed by atoms with E-state index in [1.165, 1.54) is 11.3 Å². The molecule has 0 amide bonds. The zero-order valence-corrected chi connectivity index (χ0v) is 19.4. The van der Waals surface area contributed by atoms with Crippen LogP contribution in [0.2, 0.25) is 15.1 Å². The van der Waals surface area contributed by atoms with Crippen LogP contribution in [0.25, 0.3) is 16.9 Å². The number of hydrogen-bond acceptors (Lipinski definition) is 5. The highest BCUT2D eigenvalue weighted by molar-refractivity contribution is 7.10. The highest BCUT2D eigenvalue weighted by Gasteiger charge is 2.32. The molecule has 0 aliphatic rings. The van der Waals surface area contributed by atoms with Gasteiger partial charge in [0.05, 0.1) is 11.4 Å². The first-order chi connectivity index (χ1) is 14.7. The van der Waals surface area contributed by atoms with Crippen molar-refractivity contribution in [3.05, 3.63) is 94.5 Å². The summed E-state index contributed by atoms with van der Waals surface area (Å²) in [5, 5.41) is 7.97. The van der Waals surface area contributed by atoms with E-state index in [1.54, 1.807) is 12.1 Å². The molecule has 2 aromatic carbocycles. The van der Waals surface area contributed by atoms with Crippen molar-refractivity contribution in [3.63, 3.8) is 0 Å². The normalized spacial score (nSPS) is 11.6. The van der Waals surface area contributed by atoms with Crippen LogP contribution in [0.3, 0.4) is 0 Å². The maximum atomic E-state index is 12.1. The third-order valence-corrected chi connectivity index (χ3v) is 6.77. The van der Waals surface area contributed by atoms with Gasteiger partial charge in [-0.3, -0.25) is 9.78 Å². The predicted molar refractivity (Wildman–Crippen MR) is 125 cm³/mol. The second-order valence-electron chi connectivity index (χ2n) is 7.31. The van der Waals surface area contributed by atoms with Crippen LogP contribution >= 0.6 is 46.1 Å². The molecule has 0 spiro atoms. The summed E-state index contributed by atoms with van der Waals surface area (Å²) < 4.78 is 1.02. The van der Waals surface area contributed by atoms with Crippen LogP contribution in [0, 0.1) is 0 Å². The largest absolute Gasteiger partial charge is 0.349 e. The van der Waals surface area contributed by atoms with Gasteiger partial charge in [-0.05, 0) is 38.1 Å². The Morgan fingerprint density at radius 1 is 1.06 bits per heavy atom. The summed E-state index contributed by atoms with van der Waals surface area (Å²) in [5.41, 5.74) is 0.856. The van der Waals surface area contributed by atoms with Gasteiger partial charge in [-0.1, -0.05) is 46.9 Å². The Labute approximate surface area is 196 Å². The number of aromatic amines is 1. The smallest absolute Gasteiger partial charge is 0.271 e. The van der Waals surface area contributed by atoms with E-state index in [0.29, 0.717) is 26.3 Å². The van der Waals surface area contributed by atoms with Gasteiger partial charge in [0, 0.05) is 37.0 Å². The number of thiazole rings is 1. The molecular formula is C21H15Cl3N4O2S. The fourth-order valence-corrected chi connectivity index (χ4v) is 5.36. The van der Waals surface area contributed by atoms with Gasteiger partial charge in [0.1, 0.15) is 11.2 Å². The number of nitrogens with zero attached hydrogens (tertiary/aromatic N) is 3. The lowest BCUT2D eigenvalue weighted by Gasteiger charge is -2.25. The maximum Gasteiger partial charge on any atom is 0.349 e. The molecule has 4 aromatic rings. The summed E-state index contributed by atoms with van der Waals surface area (Å²) in [7, 11) is 0. The highest BCUT2D eigenvalue weighted by atomic mass is 35.5. The Hall–Kier alpha value is -2.45. The van der Waals surface area contributed by atoms with E-state index in [1.807, 2.05) is 43.5 Å². The Morgan fingerprint density at radius 2 is 1.77 bits per heavy atom. The maximum absolute atomic E-state index is 12.1. The van der Waals surface area contributed by atoms with Crippen LogP contribution in [0.5, 0.6) is 0 Å². The molecule has 0 saturated heterocycles. The zero-order valence-electron chi connectivity index (χ0n) is 16.3. The van der Waals surface area contributed by atoms with Crippen molar-refractivity contribution in [2.45, 2.75) is 19.3 Å². The zero-order chi connectivity index (χ0) is 22.3. The lowest BCUT2D eigenvalue weighted by atomic mass is 9.85. The van der Waals surface area contributed by atoms with E-state index in [2.05, 4.69) is 10.1 Å². The molecule has 0 radical (unpaired) electrons. The molecule has 2 heterocycles. The molecule has 0 fully saturated rings. The molecule has 2 aromatic heterocycles. The van der Waals surface area contributed by atoms with E-state index < -0.39 is 16.7 Å². The summed E-state index contributed by atoms with van der Waals surface area (Å²) in [6.45, 7) is 3.95. The van der Waals surface area contributed by atoms with Crippen LogP contribution in [-0.2, 0) is 5.41 Å². The Balaban J connectivity index is 1.77. The first kappa shape index (κ1) is 21.8. The monoisotopic (exact) mass is 492 g/mol. The van der Waals surface area contributed by atoms with Gasteiger partial charge in [0.2, 0.25) is 0 Å². The number of H-pyrrole nitrogens is 1. The Kier molecular flexibility index (Phi) is 5.79. The molecule has 4 rings (SSSR count). The van der Waals surface area contributed by atoms with E-state index >= 15 is 0 Å². The number of benzene rings is 2. The van der Waals surface area contributed by atoms with Crippen molar-refractivity contribution in [2.24, 2.45) is 0 Å². The molecule has 0 unspecified atom stereocenters. The van der Waals surface area contributed by atoms with Crippen molar-refractivity contribution in [1.29, 1.82) is 0 Å². The third kappa shape index (κ3) is 4.19. The van der Waals surface area contributed by atoms with E-state index in [9.17, 15) is 9.59 Å². The fourth-order valence-electron chi connectivity index (χ4n) is 3.26. The van der Waals surface area contributed by atoms with Gasteiger partial charge in [-0.15, -0.1) is 11.3 Å². The molecule has 1 N–H and O–H groups in total. The topological polar surface area (TPSA) is 80.6 Å². The number of halogens is 3. The average molecular weight is 494 g/mol. The molecule has 0 bridgehead atoms. The molecule has 0 aliphatic heterocycles. The van der Waals surface area contributed by atoms with Crippen molar-refractivity contribution >= 4 is 46.1 Å². The summed E-state index contributed by atoms with van der Waals surface area (Å²) in [6.07, 6.45) is 1.01. The van der Waals surface area contributed by atoms with Crippen LogP contribution in [0.4, 0.5) is 0 Å². The fraction of sp³-hybridized carbons (Fsp3) is 0.143. The first-order valence-electron chi connectivity index (χ1n) is 9.07. The van der Waals surface area contributed by atoms with Gasteiger partial charge < -0.3 is 0 Å². The second-order valence-corrected chi connectivity index (χ2v) is 9.42. The minimum atomic E-state index is -0.683. The minimum absolute atomic E-state index is 0.342. The molecule has 0 saturated carbocycles. The summed E-state index contributed by atoms with van der Waals surface area (Å²) in [6, 6.07) is 10.7. The number of rotatable bonds is 4. The second kappa shape index (κ2) is 8.24. The van der Waals surface area contributed by atoms with E-state index in [4.69, 9.17) is 39.8 Å².